The Morgan fingerprint density at radius 2 is 0.444 bits per heavy atom. The van der Waals surface area contributed by atoms with Gasteiger partial charge in [-0.15, -0.1) is 0 Å². The fraction of sp³-hybridized carbons (Fsp3) is 0.781. The van der Waals surface area contributed by atoms with Crippen LogP contribution in [0.2, 0.25) is 0 Å². The number of rotatable bonds is 50. The second-order valence-corrected chi connectivity index (χ2v) is 21.0. The maximum absolute atomic E-state index is 15.5. The third kappa shape index (κ3) is 24.3. The van der Waals surface area contributed by atoms with Crippen LogP contribution in [0, 0.1) is 0 Å². The number of carbonyl (C=O) groups is 2. The van der Waals surface area contributed by atoms with Gasteiger partial charge in [0, 0.05) is 11.1 Å². The lowest BCUT2D eigenvalue weighted by Gasteiger charge is -2.27. The second-order valence-electron chi connectivity index (χ2n) is 21.0. The van der Waals surface area contributed by atoms with Gasteiger partial charge >= 0.3 is 0 Å². The quantitative estimate of drug-likeness (QED) is 0.0517. The smallest absolute Gasteiger partial charge is 0.204 e. The molecule has 2 aromatic rings. The van der Waals surface area contributed by atoms with Crippen molar-refractivity contribution in [2.45, 2.75) is 286 Å². The van der Waals surface area contributed by atoms with Crippen LogP contribution in [0.15, 0.2) is 12.1 Å². The summed E-state index contributed by atoms with van der Waals surface area (Å²) in [7, 11) is 0. The summed E-state index contributed by atoms with van der Waals surface area (Å²) in [5, 5.41) is 0. The first-order valence-corrected chi connectivity index (χ1v) is 30.8. The van der Waals surface area contributed by atoms with Gasteiger partial charge < -0.3 is 28.4 Å². The minimum Gasteiger partial charge on any atom is -0.490 e. The average molecular weight is 1010 g/mol. The van der Waals surface area contributed by atoms with Gasteiger partial charge in [0.1, 0.15) is 0 Å². The van der Waals surface area contributed by atoms with E-state index in [1.54, 1.807) is 12.1 Å². The molecule has 0 atom stereocenters. The van der Waals surface area contributed by atoms with E-state index in [-0.39, 0.29) is 33.8 Å². The maximum atomic E-state index is 15.5. The standard InChI is InChI=1S/C64H108O8/c1-7-13-19-25-31-37-43-49-71-63-57-53(51-55(67-45-39-33-27-21-15-9-3)61(63)69-47-41-35-29-23-17-11-5)60(66)58-54(59(57)65)52-56(68-46-40-34-28-22-16-10-4)62(70-48-42-36-30-24-18-12-6)64(58)72-50-44-38-32-26-20-14-8-2/h51-52H,7-50H2,1-6H3. The van der Waals surface area contributed by atoms with Crippen LogP contribution in [0.25, 0.3) is 0 Å². The molecule has 0 spiro atoms. The van der Waals surface area contributed by atoms with Crippen LogP contribution in [0.4, 0.5) is 0 Å². The SMILES string of the molecule is CCCCCCCCCOc1c(OCCCCCCCC)c(OCCCCCCCC)cc2c1C(=O)c1cc(OCCCCCCCC)c(OCCCCCCCC)c(OCCCCCCCCC)c1C2=O. The highest BCUT2D eigenvalue weighted by atomic mass is 16.5. The van der Waals surface area contributed by atoms with Crippen LogP contribution in [0.5, 0.6) is 34.5 Å². The highest BCUT2D eigenvalue weighted by Crippen LogP contribution is 2.51. The molecule has 0 aromatic heterocycles. The first-order valence-electron chi connectivity index (χ1n) is 30.8. The minimum absolute atomic E-state index is 0.251. The van der Waals surface area contributed by atoms with E-state index in [2.05, 4.69) is 41.5 Å². The minimum atomic E-state index is -0.284. The van der Waals surface area contributed by atoms with E-state index in [0.717, 1.165) is 116 Å². The Labute approximate surface area is 441 Å². The molecule has 2 aromatic carbocycles. The summed E-state index contributed by atoms with van der Waals surface area (Å²) < 4.78 is 40.3. The summed E-state index contributed by atoms with van der Waals surface area (Å²) in [6, 6.07) is 3.54. The molecule has 0 unspecified atom stereocenters. The molecule has 1 aliphatic rings. The van der Waals surface area contributed by atoms with Gasteiger partial charge in [0.05, 0.1) is 50.8 Å². The number of ketones is 2. The predicted octanol–water partition coefficient (Wildman–Crippen LogP) is 19.7. The Hall–Kier alpha value is -3.42. The predicted molar refractivity (Wildman–Crippen MR) is 302 cm³/mol. The molecule has 0 aliphatic heterocycles. The van der Waals surface area contributed by atoms with Crippen molar-refractivity contribution in [3.8, 4) is 34.5 Å². The molecule has 0 radical (unpaired) electrons. The van der Waals surface area contributed by atoms with Crippen molar-refractivity contribution in [2.24, 2.45) is 0 Å². The van der Waals surface area contributed by atoms with Gasteiger partial charge in [-0.1, -0.05) is 247 Å². The third-order valence-electron chi connectivity index (χ3n) is 14.3. The zero-order valence-corrected chi connectivity index (χ0v) is 47.5. The molecule has 8 heteroatoms. The topological polar surface area (TPSA) is 89.5 Å². The summed E-state index contributed by atoms with van der Waals surface area (Å²) >= 11 is 0. The number of hydrogen-bond donors (Lipinski definition) is 0. The normalized spacial score (nSPS) is 12.0. The number of benzene rings is 2. The van der Waals surface area contributed by atoms with Gasteiger partial charge in [-0.3, -0.25) is 9.59 Å². The Bertz CT molecular complexity index is 1580. The molecule has 72 heavy (non-hydrogen) atoms. The average Bonchev–Trinajstić information content (AvgIpc) is 3.38. The van der Waals surface area contributed by atoms with E-state index >= 15 is 9.59 Å². The first-order chi connectivity index (χ1) is 35.5. The van der Waals surface area contributed by atoms with Gasteiger partial charge in [-0.2, -0.15) is 0 Å². The summed E-state index contributed by atoms with van der Waals surface area (Å²) in [5.74, 6) is 1.91. The highest BCUT2D eigenvalue weighted by molar-refractivity contribution is 6.31. The summed E-state index contributed by atoms with van der Waals surface area (Å²) in [6.45, 7) is 16.2. The lowest BCUT2D eigenvalue weighted by atomic mass is 9.82. The van der Waals surface area contributed by atoms with Crippen LogP contribution in [0.3, 0.4) is 0 Å². The van der Waals surface area contributed by atoms with Gasteiger partial charge in [0.15, 0.2) is 34.6 Å². The van der Waals surface area contributed by atoms with Crippen molar-refractivity contribution in [3.05, 3.63) is 34.4 Å². The van der Waals surface area contributed by atoms with Crippen molar-refractivity contribution in [2.75, 3.05) is 39.6 Å². The van der Waals surface area contributed by atoms with Gasteiger partial charge in [-0.05, 0) is 50.7 Å². The Morgan fingerprint density at radius 3 is 0.681 bits per heavy atom. The van der Waals surface area contributed by atoms with Crippen molar-refractivity contribution >= 4 is 11.6 Å². The fourth-order valence-corrected chi connectivity index (χ4v) is 9.78. The monoisotopic (exact) mass is 1000 g/mol. The first kappa shape index (κ1) is 62.9. The molecule has 8 nitrogen and oxygen atoms in total. The fourth-order valence-electron chi connectivity index (χ4n) is 9.78. The summed E-state index contributed by atoms with van der Waals surface area (Å²) in [4.78, 5) is 31.1. The van der Waals surface area contributed by atoms with Crippen molar-refractivity contribution in [3.63, 3.8) is 0 Å². The maximum Gasteiger partial charge on any atom is 0.204 e. The van der Waals surface area contributed by atoms with Crippen molar-refractivity contribution < 1.29 is 38.0 Å². The molecule has 0 amide bonds. The molecular formula is C64H108O8. The van der Waals surface area contributed by atoms with E-state index < -0.39 is 0 Å². The largest absolute Gasteiger partial charge is 0.490 e. The molecule has 412 valence electrons. The van der Waals surface area contributed by atoms with Gasteiger partial charge in [-0.25, -0.2) is 0 Å². The van der Waals surface area contributed by atoms with Crippen LogP contribution in [0.1, 0.15) is 317 Å². The zero-order chi connectivity index (χ0) is 51.7. The highest BCUT2D eigenvalue weighted by Gasteiger charge is 2.41. The molecule has 0 N–H and O–H groups in total. The second kappa shape index (κ2) is 41.9. The van der Waals surface area contributed by atoms with Gasteiger partial charge in [0.25, 0.3) is 0 Å². The molecule has 3 rings (SSSR count). The van der Waals surface area contributed by atoms with Crippen LogP contribution >= 0.6 is 0 Å². The number of unbranched alkanes of at least 4 members (excludes halogenated alkanes) is 32. The van der Waals surface area contributed by atoms with Crippen molar-refractivity contribution in [1.82, 2.24) is 0 Å². The van der Waals surface area contributed by atoms with Crippen LogP contribution in [-0.4, -0.2) is 51.2 Å². The lowest BCUT2D eigenvalue weighted by molar-refractivity contribution is 0.0968. The zero-order valence-electron chi connectivity index (χ0n) is 47.5. The van der Waals surface area contributed by atoms with E-state index in [1.807, 2.05) is 0 Å². The van der Waals surface area contributed by atoms with E-state index in [9.17, 15) is 0 Å². The van der Waals surface area contributed by atoms with E-state index in [1.165, 1.54) is 128 Å². The Morgan fingerprint density at radius 1 is 0.250 bits per heavy atom. The van der Waals surface area contributed by atoms with E-state index in [0.29, 0.717) is 74.1 Å². The molecule has 0 saturated heterocycles. The molecular weight excluding hydrogens is 897 g/mol. The number of fused-ring (bicyclic) bond motifs is 2. The molecule has 0 fully saturated rings. The molecule has 0 bridgehead atoms. The lowest BCUT2D eigenvalue weighted by Crippen LogP contribution is -2.25. The Kier molecular flexibility index (Phi) is 36.6. The van der Waals surface area contributed by atoms with E-state index in [4.69, 9.17) is 28.4 Å². The Balaban J connectivity index is 2.17. The number of ether oxygens (including phenoxy) is 6. The molecule has 1 aliphatic carbocycles. The van der Waals surface area contributed by atoms with Crippen LogP contribution < -0.4 is 28.4 Å². The summed E-state index contributed by atoms with van der Waals surface area (Å²) in [5.41, 5.74) is 1.05. The van der Waals surface area contributed by atoms with Gasteiger partial charge in [0.2, 0.25) is 11.5 Å². The van der Waals surface area contributed by atoms with Crippen molar-refractivity contribution in [1.29, 1.82) is 0 Å². The molecule has 0 saturated carbocycles. The van der Waals surface area contributed by atoms with Crippen LogP contribution in [-0.2, 0) is 0 Å². The number of carbonyl (C=O) groups excluding carboxylic acids is 2. The third-order valence-corrected chi connectivity index (χ3v) is 14.3. The molecule has 0 heterocycles. The summed E-state index contributed by atoms with van der Waals surface area (Å²) in [6.07, 6.45) is 42.9. The number of hydrogen-bond acceptors (Lipinski definition) is 8.